The molecule has 38 heavy (non-hydrogen) atoms. The minimum atomic E-state index is 0.727. The molecule has 4 heteroatoms. The molecule has 4 aromatic carbocycles. The van der Waals surface area contributed by atoms with Crippen LogP contribution in [0.25, 0.3) is 60.7 Å². The fraction of sp³-hybridized carbons (Fsp3) is 0.0294. The summed E-state index contributed by atoms with van der Waals surface area (Å²) in [7, 11) is 0. The Hall–Kier alpha value is -5.09. The molecule has 0 radical (unpaired) electrons. The number of aromatic nitrogens is 3. The van der Waals surface area contributed by atoms with Crippen LogP contribution >= 0.6 is 0 Å². The first-order valence-corrected chi connectivity index (χ1v) is 12.9. The maximum atomic E-state index is 4.87. The highest BCUT2D eigenvalue weighted by molar-refractivity contribution is 6.10. The van der Waals surface area contributed by atoms with E-state index in [9.17, 15) is 0 Å². The molecule has 7 aromatic rings. The molecule has 0 bridgehead atoms. The normalized spacial score (nSPS) is 13.7. The van der Waals surface area contributed by atoms with E-state index in [0.717, 1.165) is 23.6 Å². The van der Waals surface area contributed by atoms with E-state index in [0.29, 0.717) is 0 Å². The number of hydrogen-bond donors (Lipinski definition) is 1. The van der Waals surface area contributed by atoms with Gasteiger partial charge in [-0.05, 0) is 48.6 Å². The van der Waals surface area contributed by atoms with Crippen molar-refractivity contribution in [1.82, 2.24) is 19.4 Å². The zero-order valence-electron chi connectivity index (χ0n) is 20.7. The summed E-state index contributed by atoms with van der Waals surface area (Å²) < 4.78 is 4.66. The minimum Gasteiger partial charge on any atom is -0.378 e. The third kappa shape index (κ3) is 3.07. The Morgan fingerprint density at radius 3 is 1.47 bits per heavy atom. The monoisotopic (exact) mass is 488 g/mol. The Morgan fingerprint density at radius 2 is 1.03 bits per heavy atom. The van der Waals surface area contributed by atoms with Crippen molar-refractivity contribution in [2.75, 3.05) is 6.54 Å². The number of fused-ring (bicyclic) bond motifs is 6. The molecule has 0 amide bonds. The van der Waals surface area contributed by atoms with E-state index in [4.69, 9.17) is 4.98 Å². The molecule has 4 nitrogen and oxygen atoms in total. The first-order chi connectivity index (χ1) is 18.9. The van der Waals surface area contributed by atoms with Gasteiger partial charge in [-0.2, -0.15) is 0 Å². The first kappa shape index (κ1) is 21.0. The van der Waals surface area contributed by atoms with Crippen molar-refractivity contribution in [3.8, 4) is 5.69 Å². The van der Waals surface area contributed by atoms with Crippen LogP contribution in [0.4, 0.5) is 0 Å². The Balaban J connectivity index is 1.18. The second kappa shape index (κ2) is 8.22. The number of allylic oxidation sites excluding steroid dienone is 2. The number of para-hydroxylation sites is 4. The van der Waals surface area contributed by atoms with Gasteiger partial charge in [0.15, 0.2) is 0 Å². The molecule has 1 aliphatic rings. The van der Waals surface area contributed by atoms with Crippen LogP contribution in [0.1, 0.15) is 5.69 Å². The maximum absolute atomic E-state index is 4.87. The van der Waals surface area contributed by atoms with Gasteiger partial charge in [-0.1, -0.05) is 72.8 Å². The van der Waals surface area contributed by atoms with Gasteiger partial charge in [0.1, 0.15) is 0 Å². The van der Waals surface area contributed by atoms with Crippen molar-refractivity contribution in [3.05, 3.63) is 133 Å². The smallest absolute Gasteiger partial charge is 0.0862 e. The van der Waals surface area contributed by atoms with Gasteiger partial charge >= 0.3 is 0 Å². The van der Waals surface area contributed by atoms with Crippen LogP contribution in [0, 0.1) is 0 Å². The lowest BCUT2D eigenvalue weighted by Crippen LogP contribution is -2.21. The number of benzene rings is 4. The van der Waals surface area contributed by atoms with Crippen molar-refractivity contribution < 1.29 is 0 Å². The van der Waals surface area contributed by atoms with Crippen LogP contribution in [-0.4, -0.2) is 20.7 Å². The first-order valence-electron chi connectivity index (χ1n) is 12.9. The molecule has 0 saturated carbocycles. The number of dihydropyridines is 1. The van der Waals surface area contributed by atoms with Crippen LogP contribution < -0.4 is 5.32 Å². The van der Waals surface area contributed by atoms with Crippen LogP contribution in [0.2, 0.25) is 0 Å². The summed E-state index contributed by atoms with van der Waals surface area (Å²) >= 11 is 0. The van der Waals surface area contributed by atoms with Gasteiger partial charge in [0, 0.05) is 27.2 Å². The molecule has 0 atom stereocenters. The predicted molar refractivity (Wildman–Crippen MR) is 158 cm³/mol. The molecule has 1 N–H and O–H groups in total. The number of hydrogen-bond acceptors (Lipinski definition) is 2. The van der Waals surface area contributed by atoms with Gasteiger partial charge in [-0.15, -0.1) is 0 Å². The summed E-state index contributed by atoms with van der Waals surface area (Å²) in [6, 6.07) is 38.6. The van der Waals surface area contributed by atoms with Crippen molar-refractivity contribution in [2.45, 2.75) is 0 Å². The summed E-state index contributed by atoms with van der Waals surface area (Å²) in [4.78, 5) is 4.87. The van der Waals surface area contributed by atoms with Gasteiger partial charge in [0.05, 0.1) is 51.9 Å². The third-order valence-corrected chi connectivity index (χ3v) is 7.63. The van der Waals surface area contributed by atoms with E-state index in [-0.39, 0.29) is 0 Å². The molecule has 0 spiro atoms. The SMILES string of the molecule is C1=C(c2ccc(-n3c4ccccc4c4ccccc43)cn2)NCC(n2c3ccccc3c3ccccc32)=C1. The van der Waals surface area contributed by atoms with Gasteiger partial charge in [0.25, 0.3) is 0 Å². The fourth-order valence-electron chi connectivity index (χ4n) is 5.92. The van der Waals surface area contributed by atoms with Crippen molar-refractivity contribution in [1.29, 1.82) is 0 Å². The average Bonchev–Trinajstić information content (AvgIpc) is 3.51. The van der Waals surface area contributed by atoms with Crippen LogP contribution in [0.15, 0.2) is 128 Å². The predicted octanol–water partition coefficient (Wildman–Crippen LogP) is 7.77. The highest BCUT2D eigenvalue weighted by atomic mass is 15.1. The van der Waals surface area contributed by atoms with Crippen molar-refractivity contribution in [2.24, 2.45) is 0 Å². The van der Waals surface area contributed by atoms with Gasteiger partial charge in [-0.3, -0.25) is 4.98 Å². The Bertz CT molecular complexity index is 1960. The van der Waals surface area contributed by atoms with Crippen molar-refractivity contribution in [3.63, 3.8) is 0 Å². The number of nitrogens with one attached hydrogen (secondary N) is 1. The standard InChI is InChI=1S/C34H24N4/c1-5-13-31-25(9-1)26-10-2-6-14-32(26)37(31)23-17-19-29(35-21-23)30-20-18-24(22-36-30)38-33-15-7-3-11-27(33)28-12-4-8-16-34(28)38/h1-21,36H,22H2. The van der Waals surface area contributed by atoms with E-state index >= 15 is 0 Å². The van der Waals surface area contributed by atoms with E-state index in [1.807, 2.05) is 6.20 Å². The molecule has 0 unspecified atom stereocenters. The average molecular weight is 489 g/mol. The summed E-state index contributed by atoms with van der Waals surface area (Å²) in [5.41, 5.74) is 9.08. The van der Waals surface area contributed by atoms with Gasteiger partial charge in [0.2, 0.25) is 0 Å². The molecule has 180 valence electrons. The summed E-state index contributed by atoms with van der Waals surface area (Å²) in [5, 5.41) is 8.69. The lowest BCUT2D eigenvalue weighted by Gasteiger charge is -2.20. The molecule has 0 fully saturated rings. The maximum Gasteiger partial charge on any atom is 0.0862 e. The zero-order chi connectivity index (χ0) is 25.1. The molecule has 0 saturated heterocycles. The topological polar surface area (TPSA) is 34.8 Å². The largest absolute Gasteiger partial charge is 0.378 e. The van der Waals surface area contributed by atoms with Crippen LogP contribution in [-0.2, 0) is 0 Å². The Labute approximate surface area is 219 Å². The zero-order valence-corrected chi connectivity index (χ0v) is 20.7. The Kier molecular flexibility index (Phi) is 4.55. The lowest BCUT2D eigenvalue weighted by atomic mass is 10.1. The summed E-state index contributed by atoms with van der Waals surface area (Å²) in [6.07, 6.45) is 6.33. The van der Waals surface area contributed by atoms with Crippen LogP contribution in [0.5, 0.6) is 0 Å². The number of nitrogens with zero attached hydrogens (tertiary/aromatic N) is 3. The lowest BCUT2D eigenvalue weighted by molar-refractivity contribution is 0.947. The van der Waals surface area contributed by atoms with E-state index in [1.165, 1.54) is 49.3 Å². The summed E-state index contributed by atoms with van der Waals surface area (Å²) in [5.74, 6) is 0. The molecule has 4 heterocycles. The number of rotatable bonds is 3. The quantitative estimate of drug-likeness (QED) is 0.276. The minimum absolute atomic E-state index is 0.727. The molecule has 0 aliphatic carbocycles. The molecule has 1 aliphatic heterocycles. The molecular formula is C34H24N4. The third-order valence-electron chi connectivity index (χ3n) is 7.63. The molecule has 8 rings (SSSR count). The fourth-order valence-corrected chi connectivity index (χ4v) is 5.92. The second-order valence-corrected chi connectivity index (χ2v) is 9.73. The van der Waals surface area contributed by atoms with Crippen LogP contribution in [0.3, 0.4) is 0 Å². The van der Waals surface area contributed by atoms with Crippen molar-refractivity contribution >= 4 is 55.0 Å². The number of pyridine rings is 1. The second-order valence-electron chi connectivity index (χ2n) is 9.73. The van der Waals surface area contributed by atoms with E-state index in [2.05, 4.69) is 136 Å². The summed E-state index contributed by atoms with van der Waals surface area (Å²) in [6.45, 7) is 0.727. The Morgan fingerprint density at radius 1 is 0.526 bits per heavy atom. The highest BCUT2D eigenvalue weighted by Gasteiger charge is 2.17. The van der Waals surface area contributed by atoms with E-state index in [1.54, 1.807) is 0 Å². The van der Waals surface area contributed by atoms with Gasteiger partial charge in [-0.25, -0.2) is 0 Å². The highest BCUT2D eigenvalue weighted by Crippen LogP contribution is 2.33. The molecule has 3 aromatic heterocycles. The van der Waals surface area contributed by atoms with E-state index < -0.39 is 0 Å². The van der Waals surface area contributed by atoms with Gasteiger partial charge < -0.3 is 14.5 Å². The molecular weight excluding hydrogens is 464 g/mol.